The molecular weight excluding hydrogens is 242 g/mol. The van der Waals surface area contributed by atoms with E-state index >= 15 is 0 Å². The van der Waals surface area contributed by atoms with Crippen molar-refractivity contribution < 1.29 is 5.11 Å². The summed E-state index contributed by atoms with van der Waals surface area (Å²) in [6, 6.07) is 6.89. The van der Waals surface area contributed by atoms with Crippen LogP contribution in [0.2, 0.25) is 0 Å². The van der Waals surface area contributed by atoms with Crippen molar-refractivity contribution in [3.05, 3.63) is 24.3 Å². The number of aromatic nitrogens is 3. The first kappa shape index (κ1) is 13.1. The highest BCUT2D eigenvalue weighted by molar-refractivity contribution is 5.65. The lowest BCUT2D eigenvalue weighted by atomic mass is 10.2. The first-order valence-electron chi connectivity index (χ1n) is 6.20. The molecule has 3 N–H and O–H groups in total. The van der Waals surface area contributed by atoms with E-state index in [4.69, 9.17) is 5.73 Å². The van der Waals surface area contributed by atoms with E-state index in [1.165, 1.54) is 0 Å². The number of hydrogen-bond acceptors (Lipinski definition) is 6. The van der Waals surface area contributed by atoms with E-state index in [-0.39, 0.29) is 11.7 Å². The smallest absolute Gasteiger partial charge is 0.230 e. The Kier molecular flexibility index (Phi) is 3.79. The molecule has 0 aliphatic carbocycles. The van der Waals surface area contributed by atoms with Crippen LogP contribution in [0.15, 0.2) is 24.3 Å². The summed E-state index contributed by atoms with van der Waals surface area (Å²) in [4.78, 5) is 14.6. The molecule has 1 heterocycles. The zero-order valence-corrected chi connectivity index (χ0v) is 11.0. The van der Waals surface area contributed by atoms with Crippen LogP contribution in [0.3, 0.4) is 0 Å². The molecule has 0 saturated heterocycles. The van der Waals surface area contributed by atoms with Crippen LogP contribution in [-0.2, 0) is 0 Å². The van der Waals surface area contributed by atoms with Gasteiger partial charge >= 0.3 is 0 Å². The number of nitrogens with zero attached hydrogens (tertiary/aromatic N) is 4. The number of benzene rings is 1. The van der Waals surface area contributed by atoms with E-state index < -0.39 is 0 Å². The average Bonchev–Trinajstić information content (AvgIpc) is 2.40. The molecule has 2 aromatic rings. The second-order valence-corrected chi connectivity index (χ2v) is 4.01. The van der Waals surface area contributed by atoms with Crippen molar-refractivity contribution in [3.63, 3.8) is 0 Å². The minimum atomic E-state index is 0.124. The number of anilines is 2. The molecule has 100 valence electrons. The topological polar surface area (TPSA) is 88.2 Å². The van der Waals surface area contributed by atoms with Crippen LogP contribution in [0.1, 0.15) is 13.8 Å². The van der Waals surface area contributed by atoms with Crippen LogP contribution >= 0.6 is 0 Å². The van der Waals surface area contributed by atoms with E-state index in [0.29, 0.717) is 17.3 Å². The molecule has 0 amide bonds. The monoisotopic (exact) mass is 259 g/mol. The number of phenolic OH excluding ortho intramolecular Hbond substituents is 1. The molecule has 0 atom stereocenters. The zero-order valence-electron chi connectivity index (χ0n) is 11.0. The van der Waals surface area contributed by atoms with Gasteiger partial charge in [-0.05, 0) is 26.0 Å². The maximum absolute atomic E-state index is 9.84. The van der Waals surface area contributed by atoms with Crippen molar-refractivity contribution in [1.29, 1.82) is 0 Å². The third-order valence-corrected chi connectivity index (χ3v) is 2.83. The van der Waals surface area contributed by atoms with E-state index in [1.807, 2.05) is 24.8 Å². The van der Waals surface area contributed by atoms with Crippen molar-refractivity contribution in [3.8, 4) is 17.1 Å². The summed E-state index contributed by atoms with van der Waals surface area (Å²) >= 11 is 0. The Morgan fingerprint density at radius 1 is 1.11 bits per heavy atom. The molecule has 6 heteroatoms. The largest absolute Gasteiger partial charge is 0.507 e. The molecule has 1 aromatic carbocycles. The molecule has 0 unspecified atom stereocenters. The first-order valence-corrected chi connectivity index (χ1v) is 6.20. The molecule has 0 fully saturated rings. The van der Waals surface area contributed by atoms with Crippen molar-refractivity contribution in [2.24, 2.45) is 0 Å². The molecule has 0 saturated carbocycles. The third-order valence-electron chi connectivity index (χ3n) is 2.83. The molecule has 6 nitrogen and oxygen atoms in total. The first-order chi connectivity index (χ1) is 9.15. The van der Waals surface area contributed by atoms with Gasteiger partial charge < -0.3 is 15.7 Å². The molecular formula is C13H17N5O. The summed E-state index contributed by atoms with van der Waals surface area (Å²) in [6.45, 7) is 5.59. The van der Waals surface area contributed by atoms with Crippen molar-refractivity contribution >= 4 is 11.9 Å². The van der Waals surface area contributed by atoms with Gasteiger partial charge in [-0.15, -0.1) is 0 Å². The Hall–Kier alpha value is -2.37. The van der Waals surface area contributed by atoms with Crippen LogP contribution in [0.5, 0.6) is 5.75 Å². The number of rotatable bonds is 4. The second kappa shape index (κ2) is 5.51. The lowest BCUT2D eigenvalue weighted by Crippen LogP contribution is -2.25. The van der Waals surface area contributed by atoms with Crippen molar-refractivity contribution in [1.82, 2.24) is 15.0 Å². The Balaban J connectivity index is 2.51. The highest BCUT2D eigenvalue weighted by Crippen LogP contribution is 2.26. The van der Waals surface area contributed by atoms with Crippen molar-refractivity contribution in [2.75, 3.05) is 23.7 Å². The number of hydrogen-bond donors (Lipinski definition) is 2. The molecule has 0 bridgehead atoms. The van der Waals surface area contributed by atoms with Gasteiger partial charge in [-0.2, -0.15) is 15.0 Å². The Morgan fingerprint density at radius 3 is 2.42 bits per heavy atom. The molecule has 0 spiro atoms. The number of nitrogens with two attached hydrogens (primary N) is 1. The van der Waals surface area contributed by atoms with Crippen molar-refractivity contribution in [2.45, 2.75) is 13.8 Å². The summed E-state index contributed by atoms with van der Waals surface area (Å²) in [5, 5.41) is 9.84. The molecule has 0 aliphatic rings. The fraction of sp³-hybridized carbons (Fsp3) is 0.308. The summed E-state index contributed by atoms with van der Waals surface area (Å²) < 4.78 is 0. The molecule has 19 heavy (non-hydrogen) atoms. The summed E-state index contributed by atoms with van der Waals surface area (Å²) in [5.41, 5.74) is 6.27. The highest BCUT2D eigenvalue weighted by atomic mass is 16.3. The summed E-state index contributed by atoms with van der Waals surface area (Å²) in [6.07, 6.45) is 0. The highest BCUT2D eigenvalue weighted by Gasteiger charge is 2.13. The van der Waals surface area contributed by atoms with Gasteiger partial charge in [0.25, 0.3) is 0 Å². The Morgan fingerprint density at radius 2 is 1.79 bits per heavy atom. The predicted octanol–water partition coefficient (Wildman–Crippen LogP) is 1.67. The molecule has 0 radical (unpaired) electrons. The molecule has 1 aromatic heterocycles. The minimum Gasteiger partial charge on any atom is -0.507 e. The quantitative estimate of drug-likeness (QED) is 0.868. The number of phenols is 1. The second-order valence-electron chi connectivity index (χ2n) is 4.01. The SMILES string of the molecule is CCN(CC)c1nc(N)nc(-c2ccccc2O)n1. The minimum absolute atomic E-state index is 0.124. The predicted molar refractivity (Wildman–Crippen MR) is 74.9 cm³/mol. The molecule has 2 rings (SSSR count). The van der Waals surface area contributed by atoms with E-state index in [2.05, 4.69) is 15.0 Å². The van der Waals surface area contributed by atoms with Gasteiger partial charge in [0, 0.05) is 13.1 Å². The van der Waals surface area contributed by atoms with E-state index in [1.54, 1.807) is 18.2 Å². The van der Waals surface area contributed by atoms with Gasteiger partial charge in [0.1, 0.15) is 5.75 Å². The van der Waals surface area contributed by atoms with Gasteiger partial charge in [-0.1, -0.05) is 12.1 Å². The Labute approximate surface area is 112 Å². The van der Waals surface area contributed by atoms with E-state index in [0.717, 1.165) is 13.1 Å². The zero-order chi connectivity index (χ0) is 13.8. The lowest BCUT2D eigenvalue weighted by molar-refractivity contribution is 0.477. The maximum atomic E-state index is 9.84. The van der Waals surface area contributed by atoms with Gasteiger partial charge in [-0.25, -0.2) is 0 Å². The third kappa shape index (κ3) is 2.73. The maximum Gasteiger partial charge on any atom is 0.230 e. The van der Waals surface area contributed by atoms with Gasteiger partial charge in [-0.3, -0.25) is 0 Å². The fourth-order valence-electron chi connectivity index (χ4n) is 1.81. The van der Waals surface area contributed by atoms with E-state index in [9.17, 15) is 5.11 Å². The van der Waals surface area contributed by atoms with Gasteiger partial charge in [0.2, 0.25) is 11.9 Å². The Bertz CT molecular complexity index is 569. The van der Waals surface area contributed by atoms with Crippen LogP contribution in [-0.4, -0.2) is 33.1 Å². The molecule has 0 aliphatic heterocycles. The van der Waals surface area contributed by atoms with Gasteiger partial charge in [0.05, 0.1) is 5.56 Å². The summed E-state index contributed by atoms with van der Waals surface area (Å²) in [7, 11) is 0. The standard InChI is InChI=1S/C13H17N5O/c1-3-18(4-2)13-16-11(15-12(14)17-13)9-7-5-6-8-10(9)19/h5-8,19H,3-4H2,1-2H3,(H2,14,15,16,17). The summed E-state index contributed by atoms with van der Waals surface area (Å²) in [5.74, 6) is 1.18. The van der Waals surface area contributed by atoms with Crippen LogP contribution in [0.25, 0.3) is 11.4 Å². The van der Waals surface area contributed by atoms with Crippen LogP contribution in [0, 0.1) is 0 Å². The van der Waals surface area contributed by atoms with Crippen LogP contribution in [0.4, 0.5) is 11.9 Å². The average molecular weight is 259 g/mol. The van der Waals surface area contributed by atoms with Gasteiger partial charge in [0.15, 0.2) is 5.82 Å². The fourth-order valence-corrected chi connectivity index (χ4v) is 1.81. The number of para-hydroxylation sites is 1. The van der Waals surface area contributed by atoms with Crippen LogP contribution < -0.4 is 10.6 Å². The number of nitrogen functional groups attached to an aromatic ring is 1. The number of aromatic hydroxyl groups is 1. The lowest BCUT2D eigenvalue weighted by Gasteiger charge is -2.18. The normalized spacial score (nSPS) is 10.4.